The van der Waals surface area contributed by atoms with E-state index >= 15 is 0 Å². The fraction of sp³-hybridized carbons (Fsp3) is 0.500. The number of hydrogen-bond donors (Lipinski definition) is 2. The molecular weight excluding hydrogens is 218 g/mol. The first-order chi connectivity index (χ1) is 7.61. The number of thioether (sulfide) groups is 1. The highest BCUT2D eigenvalue weighted by atomic mass is 32.2. The largest absolute Gasteiger partial charge is 0.288 e. The van der Waals surface area contributed by atoms with Crippen molar-refractivity contribution in [1.29, 1.82) is 0 Å². The molecule has 90 valence electrons. The van der Waals surface area contributed by atoms with E-state index in [4.69, 9.17) is 5.84 Å². The minimum Gasteiger partial charge on any atom is -0.288 e. The van der Waals surface area contributed by atoms with Gasteiger partial charge in [-0.15, -0.1) is 11.8 Å². The third-order valence-electron chi connectivity index (χ3n) is 2.11. The summed E-state index contributed by atoms with van der Waals surface area (Å²) in [4.78, 5) is 3.46. The van der Waals surface area contributed by atoms with E-state index in [1.54, 1.807) is 0 Å². The van der Waals surface area contributed by atoms with E-state index in [9.17, 15) is 0 Å². The van der Waals surface area contributed by atoms with Crippen LogP contribution in [0.15, 0.2) is 29.2 Å². The van der Waals surface area contributed by atoms with Gasteiger partial charge in [-0.1, -0.05) is 26.0 Å². The Balaban J connectivity index is 2.50. The number of nitrogens with two attached hydrogens (primary N) is 1. The van der Waals surface area contributed by atoms with E-state index in [2.05, 4.69) is 48.4 Å². The highest BCUT2D eigenvalue weighted by Crippen LogP contribution is 2.22. The average molecular weight is 239 g/mol. The Kier molecular flexibility index (Phi) is 5.84. The molecule has 1 rings (SSSR count). The first kappa shape index (κ1) is 13.5. The Bertz CT molecular complexity index is 298. The Morgan fingerprint density at radius 2 is 1.94 bits per heavy atom. The highest BCUT2D eigenvalue weighted by molar-refractivity contribution is 7.99. The van der Waals surface area contributed by atoms with Gasteiger partial charge in [-0.2, -0.15) is 0 Å². The van der Waals surface area contributed by atoms with Crippen LogP contribution in [0.5, 0.6) is 0 Å². The Morgan fingerprint density at radius 1 is 1.31 bits per heavy atom. The summed E-state index contributed by atoms with van der Waals surface area (Å²) in [6.45, 7) is 6.03. The molecule has 0 atom stereocenters. The van der Waals surface area contributed by atoms with E-state index < -0.39 is 0 Å². The fourth-order valence-corrected chi connectivity index (χ4v) is 2.31. The van der Waals surface area contributed by atoms with Crippen molar-refractivity contribution < 1.29 is 0 Å². The molecule has 1 aromatic rings. The summed E-state index contributed by atoms with van der Waals surface area (Å²) >= 11 is 1.89. The molecule has 3 N–H and O–H groups in total. The summed E-state index contributed by atoms with van der Waals surface area (Å²) in [5, 5.41) is 0.634. The summed E-state index contributed by atoms with van der Waals surface area (Å²) < 4.78 is 0. The second kappa shape index (κ2) is 6.91. The molecule has 0 saturated heterocycles. The van der Waals surface area contributed by atoms with Crippen LogP contribution in [0, 0.1) is 0 Å². The summed E-state index contributed by atoms with van der Waals surface area (Å²) in [6.07, 6.45) is 0. The summed E-state index contributed by atoms with van der Waals surface area (Å²) in [5.41, 5.74) is 3.96. The monoisotopic (exact) mass is 239 g/mol. The van der Waals surface area contributed by atoms with Crippen molar-refractivity contribution in [2.24, 2.45) is 5.84 Å². The molecule has 0 fully saturated rings. The van der Waals surface area contributed by atoms with E-state index in [1.807, 2.05) is 18.8 Å². The lowest BCUT2D eigenvalue weighted by Gasteiger charge is -2.15. The van der Waals surface area contributed by atoms with Crippen molar-refractivity contribution in [3.05, 3.63) is 29.8 Å². The number of hydrazine groups is 1. The first-order valence-corrected chi connectivity index (χ1v) is 6.37. The molecule has 0 saturated carbocycles. The molecule has 0 aliphatic heterocycles. The molecule has 0 heterocycles. The maximum Gasteiger partial charge on any atom is 0.0612 e. The number of hydrogen-bond acceptors (Lipinski definition) is 4. The second-order valence-corrected chi connectivity index (χ2v) is 5.84. The van der Waals surface area contributed by atoms with Gasteiger partial charge in [0.05, 0.1) is 6.67 Å². The van der Waals surface area contributed by atoms with E-state index in [-0.39, 0.29) is 0 Å². The molecule has 0 amide bonds. The van der Waals surface area contributed by atoms with Crippen LogP contribution in [0.4, 0.5) is 0 Å². The second-order valence-electron chi connectivity index (χ2n) is 4.19. The first-order valence-electron chi connectivity index (χ1n) is 5.49. The Labute approximate surface area is 102 Å². The van der Waals surface area contributed by atoms with Crippen molar-refractivity contribution in [2.75, 3.05) is 13.7 Å². The minimum atomic E-state index is 0.634. The third kappa shape index (κ3) is 4.99. The standard InChI is InChI=1S/C12H21N3S/c1-10(2)16-12-6-4-11(5-7-12)8-15(3)9-14-13/h4-7,10,14H,8-9,13H2,1-3H3. The number of nitrogens with zero attached hydrogens (tertiary/aromatic N) is 1. The highest BCUT2D eigenvalue weighted by Gasteiger charge is 2.01. The van der Waals surface area contributed by atoms with E-state index in [1.165, 1.54) is 10.5 Å². The van der Waals surface area contributed by atoms with E-state index in [0.29, 0.717) is 11.9 Å². The van der Waals surface area contributed by atoms with Gasteiger partial charge in [-0.25, -0.2) is 5.43 Å². The molecular formula is C12H21N3S. The zero-order valence-electron chi connectivity index (χ0n) is 10.2. The smallest absolute Gasteiger partial charge is 0.0612 e. The van der Waals surface area contributed by atoms with Crippen LogP contribution >= 0.6 is 11.8 Å². The van der Waals surface area contributed by atoms with Crippen molar-refractivity contribution in [3.63, 3.8) is 0 Å². The zero-order chi connectivity index (χ0) is 12.0. The van der Waals surface area contributed by atoms with Crippen LogP contribution in [-0.4, -0.2) is 23.9 Å². The van der Waals surface area contributed by atoms with Gasteiger partial charge < -0.3 is 0 Å². The molecule has 1 aromatic carbocycles. The van der Waals surface area contributed by atoms with E-state index in [0.717, 1.165) is 6.54 Å². The SMILES string of the molecule is CC(C)Sc1ccc(CN(C)CNN)cc1. The molecule has 3 nitrogen and oxygen atoms in total. The maximum absolute atomic E-state index is 5.27. The van der Waals surface area contributed by atoms with Gasteiger partial charge in [0.2, 0.25) is 0 Å². The van der Waals surface area contributed by atoms with Crippen molar-refractivity contribution in [3.8, 4) is 0 Å². The third-order valence-corrected chi connectivity index (χ3v) is 3.12. The van der Waals surface area contributed by atoms with Gasteiger partial charge in [0, 0.05) is 16.7 Å². The predicted molar refractivity (Wildman–Crippen MR) is 71.1 cm³/mol. The summed E-state index contributed by atoms with van der Waals surface area (Å²) in [6, 6.07) is 8.73. The minimum absolute atomic E-state index is 0.634. The lowest BCUT2D eigenvalue weighted by molar-refractivity contribution is 0.301. The van der Waals surface area contributed by atoms with Crippen molar-refractivity contribution >= 4 is 11.8 Å². The molecule has 0 bridgehead atoms. The predicted octanol–water partition coefficient (Wildman–Crippen LogP) is 2.04. The van der Waals surface area contributed by atoms with Gasteiger partial charge in [-0.05, 0) is 24.7 Å². The maximum atomic E-state index is 5.27. The topological polar surface area (TPSA) is 41.3 Å². The zero-order valence-corrected chi connectivity index (χ0v) is 11.1. The van der Waals surface area contributed by atoms with Crippen LogP contribution in [0.1, 0.15) is 19.4 Å². The average Bonchev–Trinajstić information content (AvgIpc) is 2.20. The molecule has 0 unspecified atom stereocenters. The molecule has 0 radical (unpaired) electrons. The normalized spacial score (nSPS) is 11.4. The molecule has 0 aromatic heterocycles. The van der Waals surface area contributed by atoms with Gasteiger partial charge in [-0.3, -0.25) is 10.7 Å². The van der Waals surface area contributed by atoms with Crippen LogP contribution in [0.25, 0.3) is 0 Å². The lowest BCUT2D eigenvalue weighted by Crippen LogP contribution is -2.34. The Morgan fingerprint density at radius 3 is 2.44 bits per heavy atom. The van der Waals surface area contributed by atoms with Crippen molar-refractivity contribution in [1.82, 2.24) is 10.3 Å². The summed E-state index contributed by atoms with van der Waals surface area (Å²) in [5.74, 6) is 5.27. The lowest BCUT2D eigenvalue weighted by atomic mass is 10.2. The number of rotatable bonds is 6. The van der Waals surface area contributed by atoms with Gasteiger partial charge in [0.1, 0.15) is 0 Å². The van der Waals surface area contributed by atoms with Gasteiger partial charge >= 0.3 is 0 Å². The van der Waals surface area contributed by atoms with Gasteiger partial charge in [0.15, 0.2) is 0 Å². The molecule has 0 spiro atoms. The van der Waals surface area contributed by atoms with Crippen LogP contribution in [0.2, 0.25) is 0 Å². The van der Waals surface area contributed by atoms with Crippen LogP contribution in [-0.2, 0) is 6.54 Å². The number of nitrogens with one attached hydrogen (secondary N) is 1. The number of benzene rings is 1. The van der Waals surface area contributed by atoms with Gasteiger partial charge in [0.25, 0.3) is 0 Å². The Hall–Kier alpha value is -0.550. The quantitative estimate of drug-likeness (QED) is 0.345. The molecule has 0 aliphatic rings. The molecule has 4 heteroatoms. The molecule has 16 heavy (non-hydrogen) atoms. The molecule has 0 aliphatic carbocycles. The summed E-state index contributed by atoms with van der Waals surface area (Å²) in [7, 11) is 2.04. The van der Waals surface area contributed by atoms with Crippen LogP contribution < -0.4 is 11.3 Å². The van der Waals surface area contributed by atoms with Crippen LogP contribution in [0.3, 0.4) is 0 Å². The van der Waals surface area contributed by atoms with Crippen molar-refractivity contribution in [2.45, 2.75) is 30.5 Å². The fourth-order valence-electron chi connectivity index (χ4n) is 1.47.